The van der Waals surface area contributed by atoms with Gasteiger partial charge in [0.25, 0.3) is 5.91 Å². The minimum atomic E-state index is -0.330. The normalized spacial score (nSPS) is 10.4. The lowest BCUT2D eigenvalue weighted by Crippen LogP contribution is -2.17. The third-order valence-corrected chi connectivity index (χ3v) is 2.98. The Labute approximate surface area is 116 Å². The van der Waals surface area contributed by atoms with Gasteiger partial charge >= 0.3 is 0 Å². The third-order valence-electron chi connectivity index (χ3n) is 2.98. The van der Waals surface area contributed by atoms with Gasteiger partial charge in [-0.25, -0.2) is 5.43 Å². The van der Waals surface area contributed by atoms with E-state index in [1.807, 2.05) is 6.92 Å². The van der Waals surface area contributed by atoms with Gasteiger partial charge in [0.05, 0.1) is 11.8 Å². The van der Waals surface area contributed by atoms with Crippen LogP contribution in [0.4, 0.5) is 0 Å². The van der Waals surface area contributed by atoms with Crippen LogP contribution >= 0.6 is 0 Å². The summed E-state index contributed by atoms with van der Waals surface area (Å²) in [6.07, 6.45) is 4.58. The summed E-state index contributed by atoms with van der Waals surface area (Å²) in [4.78, 5) is 15.6. The Kier molecular flexibility index (Phi) is 3.91. The Hall–Kier alpha value is -2.94. The summed E-state index contributed by atoms with van der Waals surface area (Å²) in [6, 6.07) is 7.14. The summed E-state index contributed by atoms with van der Waals surface area (Å²) in [7, 11) is 1.81. The van der Waals surface area contributed by atoms with Crippen molar-refractivity contribution < 1.29 is 4.79 Å². The highest BCUT2D eigenvalue weighted by atomic mass is 16.2. The molecule has 1 amide bonds. The quantitative estimate of drug-likeness (QED) is 0.673. The molecule has 6 heteroatoms. The van der Waals surface area contributed by atoms with Crippen LogP contribution in [0.3, 0.4) is 0 Å². The van der Waals surface area contributed by atoms with Crippen LogP contribution in [0.25, 0.3) is 0 Å². The second-order valence-corrected chi connectivity index (χ2v) is 4.18. The average molecular weight is 267 g/mol. The van der Waals surface area contributed by atoms with Crippen molar-refractivity contribution in [2.75, 3.05) is 0 Å². The third kappa shape index (κ3) is 2.72. The van der Waals surface area contributed by atoms with Crippen molar-refractivity contribution >= 4 is 12.1 Å². The number of nitrogens with one attached hydrogen (secondary N) is 1. The van der Waals surface area contributed by atoms with Gasteiger partial charge in [-0.1, -0.05) is 0 Å². The second kappa shape index (κ2) is 5.80. The first kappa shape index (κ1) is 13.5. The molecule has 0 aliphatic carbocycles. The minimum absolute atomic E-state index is 0.330. The van der Waals surface area contributed by atoms with Gasteiger partial charge in [-0.15, -0.1) is 0 Å². The van der Waals surface area contributed by atoms with Gasteiger partial charge in [-0.05, 0) is 25.1 Å². The van der Waals surface area contributed by atoms with E-state index < -0.39 is 0 Å². The van der Waals surface area contributed by atoms with Gasteiger partial charge < -0.3 is 4.57 Å². The van der Waals surface area contributed by atoms with Crippen LogP contribution in [0.15, 0.2) is 35.7 Å². The van der Waals surface area contributed by atoms with Crippen molar-refractivity contribution in [2.45, 2.75) is 6.92 Å². The lowest BCUT2D eigenvalue weighted by atomic mass is 10.2. The fourth-order valence-electron chi connectivity index (χ4n) is 1.68. The molecule has 0 aliphatic heterocycles. The van der Waals surface area contributed by atoms with E-state index in [4.69, 9.17) is 5.26 Å². The lowest BCUT2D eigenvalue weighted by molar-refractivity contribution is 0.0955. The molecular weight excluding hydrogens is 254 g/mol. The number of carbonyl (C=O) groups excluding carboxylic acids is 1. The van der Waals surface area contributed by atoms with Crippen LogP contribution in [0.1, 0.15) is 27.3 Å². The maximum absolute atomic E-state index is 11.7. The summed E-state index contributed by atoms with van der Waals surface area (Å²) in [6.45, 7) is 1.88. The zero-order chi connectivity index (χ0) is 14.5. The van der Waals surface area contributed by atoms with Crippen LogP contribution < -0.4 is 5.43 Å². The molecule has 0 saturated carbocycles. The highest BCUT2D eigenvalue weighted by molar-refractivity contribution is 5.94. The van der Waals surface area contributed by atoms with Gasteiger partial charge in [0.1, 0.15) is 11.8 Å². The number of pyridine rings is 1. The van der Waals surface area contributed by atoms with Gasteiger partial charge in [0.2, 0.25) is 0 Å². The smallest absolute Gasteiger partial charge is 0.272 e. The molecule has 2 aromatic rings. The number of hydrazone groups is 1. The number of nitriles is 1. The predicted molar refractivity (Wildman–Crippen MR) is 74.2 cm³/mol. The molecule has 0 fully saturated rings. The Morgan fingerprint density at radius 1 is 1.60 bits per heavy atom. The molecule has 2 aromatic heterocycles. The molecular formula is C14H13N5O. The number of hydrogen-bond acceptors (Lipinski definition) is 4. The zero-order valence-electron chi connectivity index (χ0n) is 11.2. The van der Waals surface area contributed by atoms with Crippen LogP contribution in [-0.2, 0) is 7.05 Å². The summed E-state index contributed by atoms with van der Waals surface area (Å²) >= 11 is 0. The van der Waals surface area contributed by atoms with Crippen molar-refractivity contribution in [1.29, 1.82) is 5.26 Å². The largest absolute Gasteiger partial charge is 0.339 e. The first-order valence-electron chi connectivity index (χ1n) is 5.93. The number of rotatable bonds is 3. The zero-order valence-corrected chi connectivity index (χ0v) is 11.2. The van der Waals surface area contributed by atoms with Crippen molar-refractivity contribution in [2.24, 2.45) is 12.1 Å². The second-order valence-electron chi connectivity index (χ2n) is 4.18. The Morgan fingerprint density at radius 2 is 2.40 bits per heavy atom. The van der Waals surface area contributed by atoms with Gasteiger partial charge in [-0.3, -0.25) is 9.78 Å². The van der Waals surface area contributed by atoms with Crippen LogP contribution in [0, 0.1) is 18.3 Å². The first-order valence-corrected chi connectivity index (χ1v) is 5.93. The molecule has 2 rings (SSSR count). The predicted octanol–water partition coefficient (Wildman–Crippen LogP) is 1.36. The van der Waals surface area contributed by atoms with E-state index in [0.29, 0.717) is 11.3 Å². The molecule has 0 spiro atoms. The molecule has 0 aromatic carbocycles. The van der Waals surface area contributed by atoms with Crippen LogP contribution in [0.5, 0.6) is 0 Å². The fourth-order valence-corrected chi connectivity index (χ4v) is 1.68. The number of carbonyl (C=O) groups is 1. The molecule has 0 radical (unpaired) electrons. The molecule has 100 valence electrons. The van der Waals surface area contributed by atoms with Crippen molar-refractivity contribution in [3.05, 3.63) is 53.1 Å². The first-order chi connectivity index (χ1) is 9.63. The van der Waals surface area contributed by atoms with E-state index in [2.05, 4.69) is 21.6 Å². The topological polar surface area (TPSA) is 83.1 Å². The molecule has 0 saturated heterocycles. The Bertz CT molecular complexity index is 694. The van der Waals surface area contributed by atoms with Gasteiger partial charge in [0, 0.05) is 30.7 Å². The van der Waals surface area contributed by atoms with Crippen molar-refractivity contribution in [1.82, 2.24) is 15.0 Å². The molecule has 6 nitrogen and oxygen atoms in total. The van der Waals surface area contributed by atoms with E-state index in [0.717, 1.165) is 11.3 Å². The summed E-state index contributed by atoms with van der Waals surface area (Å²) in [5.41, 5.74) is 5.09. The van der Waals surface area contributed by atoms with Crippen molar-refractivity contribution in [3.8, 4) is 6.07 Å². The number of hydrogen-bond donors (Lipinski definition) is 1. The summed E-state index contributed by atoms with van der Waals surface area (Å²) < 4.78 is 1.77. The van der Waals surface area contributed by atoms with Crippen LogP contribution in [0.2, 0.25) is 0 Å². The molecule has 0 bridgehead atoms. The average Bonchev–Trinajstić information content (AvgIpc) is 2.76. The molecule has 0 atom stereocenters. The van der Waals surface area contributed by atoms with E-state index in [9.17, 15) is 4.79 Å². The molecule has 0 unspecified atom stereocenters. The van der Waals surface area contributed by atoms with Gasteiger partial charge in [-0.2, -0.15) is 10.4 Å². The highest BCUT2D eigenvalue weighted by Crippen LogP contribution is 2.10. The Morgan fingerprint density at radius 3 is 3.00 bits per heavy atom. The molecule has 0 aliphatic rings. The molecule has 2 heterocycles. The number of amides is 1. The summed E-state index contributed by atoms with van der Waals surface area (Å²) in [5, 5.41) is 12.8. The van der Waals surface area contributed by atoms with Gasteiger partial charge in [0.15, 0.2) is 0 Å². The maximum atomic E-state index is 11.7. The number of aromatic nitrogens is 2. The minimum Gasteiger partial charge on any atom is -0.339 e. The highest BCUT2D eigenvalue weighted by Gasteiger charge is 2.07. The number of nitrogens with zero attached hydrogens (tertiary/aromatic N) is 4. The summed E-state index contributed by atoms with van der Waals surface area (Å²) in [5.74, 6) is -0.330. The van der Waals surface area contributed by atoms with E-state index in [1.165, 1.54) is 12.4 Å². The molecule has 1 N–H and O–H groups in total. The maximum Gasteiger partial charge on any atom is 0.272 e. The molecule has 20 heavy (non-hydrogen) atoms. The van der Waals surface area contributed by atoms with E-state index >= 15 is 0 Å². The monoisotopic (exact) mass is 267 g/mol. The lowest BCUT2D eigenvalue weighted by Gasteiger charge is -1.99. The van der Waals surface area contributed by atoms with E-state index in [1.54, 1.807) is 36.0 Å². The SMILES string of the molecule is Cc1c(/C=N\NC(=O)c2cccnc2)cc(C#N)n1C. The standard InChI is InChI=1S/C14H13N5O/c1-10-12(6-13(7-15)19(10)2)9-17-18-14(20)11-4-3-5-16-8-11/h3-6,8-9H,1-2H3,(H,18,20)/b17-9-. The van der Waals surface area contributed by atoms with Crippen molar-refractivity contribution in [3.63, 3.8) is 0 Å². The van der Waals surface area contributed by atoms with E-state index in [-0.39, 0.29) is 5.91 Å². The fraction of sp³-hybridized carbons (Fsp3) is 0.143. The van der Waals surface area contributed by atoms with Crippen LogP contribution in [-0.4, -0.2) is 21.7 Å². The Balaban J connectivity index is 2.08.